The Bertz CT molecular complexity index is 985. The molecule has 0 unspecified atom stereocenters. The summed E-state index contributed by atoms with van der Waals surface area (Å²) >= 11 is 0. The molecule has 0 saturated heterocycles. The summed E-state index contributed by atoms with van der Waals surface area (Å²) in [5.74, 6) is -1.84. The van der Waals surface area contributed by atoms with Crippen molar-refractivity contribution in [2.45, 2.75) is 33.1 Å². The van der Waals surface area contributed by atoms with Crippen LogP contribution in [0.2, 0.25) is 0 Å². The Kier molecular flexibility index (Phi) is 6.35. The molecule has 0 fully saturated rings. The van der Waals surface area contributed by atoms with Crippen molar-refractivity contribution in [2.24, 2.45) is 0 Å². The van der Waals surface area contributed by atoms with Crippen molar-refractivity contribution in [2.75, 3.05) is 0 Å². The van der Waals surface area contributed by atoms with Crippen LogP contribution in [0, 0.1) is 17.5 Å². The molecule has 0 atom stereocenters. The molecule has 0 aromatic heterocycles. The summed E-state index contributed by atoms with van der Waals surface area (Å²) in [7, 11) is 0. The van der Waals surface area contributed by atoms with Crippen LogP contribution in [0.25, 0.3) is 23.3 Å². The Morgan fingerprint density at radius 1 is 0.786 bits per heavy atom. The second-order valence-electron chi connectivity index (χ2n) is 6.81. The minimum Gasteiger partial charge on any atom is -0.206 e. The Hall–Kier alpha value is -2.81. The first-order valence-electron chi connectivity index (χ1n) is 9.57. The van der Waals surface area contributed by atoms with Crippen LogP contribution in [0.1, 0.15) is 42.5 Å². The third-order valence-corrected chi connectivity index (χ3v) is 4.83. The predicted molar refractivity (Wildman–Crippen MR) is 110 cm³/mol. The average Bonchev–Trinajstić information content (AvgIpc) is 2.71. The molecule has 0 radical (unpaired) electrons. The first-order valence-corrected chi connectivity index (χ1v) is 9.57. The van der Waals surface area contributed by atoms with Crippen molar-refractivity contribution in [1.82, 2.24) is 0 Å². The van der Waals surface area contributed by atoms with Crippen LogP contribution in [0.15, 0.2) is 54.6 Å². The number of halogens is 3. The molecule has 3 rings (SSSR count). The van der Waals surface area contributed by atoms with Gasteiger partial charge in [0.15, 0.2) is 11.6 Å². The summed E-state index contributed by atoms with van der Waals surface area (Å²) in [6.07, 6.45) is 5.35. The predicted octanol–water partition coefficient (Wildman–Crippen LogP) is 7.46. The smallest absolute Gasteiger partial charge is 0.166 e. The van der Waals surface area contributed by atoms with Gasteiger partial charge in [0.2, 0.25) is 0 Å². The van der Waals surface area contributed by atoms with Crippen molar-refractivity contribution in [3.05, 3.63) is 94.3 Å². The third kappa shape index (κ3) is 4.36. The lowest BCUT2D eigenvalue weighted by molar-refractivity contribution is 0.496. The summed E-state index contributed by atoms with van der Waals surface area (Å²) < 4.78 is 42.5. The number of benzene rings is 3. The molecule has 0 heterocycles. The number of hydrogen-bond donors (Lipinski definition) is 0. The van der Waals surface area contributed by atoms with Gasteiger partial charge in [-0.25, -0.2) is 13.2 Å². The maximum Gasteiger partial charge on any atom is 0.166 e. The van der Waals surface area contributed by atoms with E-state index in [2.05, 4.69) is 0 Å². The van der Waals surface area contributed by atoms with Crippen molar-refractivity contribution in [1.29, 1.82) is 0 Å². The van der Waals surface area contributed by atoms with Gasteiger partial charge in [0, 0.05) is 11.1 Å². The summed E-state index contributed by atoms with van der Waals surface area (Å²) in [6.45, 7) is 3.92. The van der Waals surface area contributed by atoms with Crippen LogP contribution in [-0.4, -0.2) is 0 Å². The van der Waals surface area contributed by atoms with Gasteiger partial charge in [-0.2, -0.15) is 0 Å². The minimum atomic E-state index is -0.822. The molecule has 0 saturated carbocycles. The molecule has 0 N–H and O–H groups in total. The fourth-order valence-corrected chi connectivity index (χ4v) is 3.17. The number of rotatable bonds is 6. The van der Waals surface area contributed by atoms with E-state index in [0.717, 1.165) is 29.5 Å². The molecule has 3 aromatic rings. The van der Waals surface area contributed by atoms with Crippen molar-refractivity contribution in [3.8, 4) is 11.1 Å². The maximum absolute atomic E-state index is 14.3. The van der Waals surface area contributed by atoms with Gasteiger partial charge in [0.05, 0.1) is 0 Å². The van der Waals surface area contributed by atoms with Crippen LogP contribution in [-0.2, 0) is 12.8 Å². The van der Waals surface area contributed by atoms with E-state index in [4.69, 9.17) is 0 Å². The molecule has 0 nitrogen and oxygen atoms in total. The van der Waals surface area contributed by atoms with Crippen molar-refractivity contribution >= 4 is 12.2 Å². The normalized spacial score (nSPS) is 11.3. The molecule has 0 amide bonds. The molecule has 3 aromatic carbocycles. The second-order valence-corrected chi connectivity index (χ2v) is 6.81. The molecule has 0 spiro atoms. The Morgan fingerprint density at radius 3 is 2.18 bits per heavy atom. The van der Waals surface area contributed by atoms with Crippen LogP contribution >= 0.6 is 0 Å². The fraction of sp³-hybridized carbons (Fsp3) is 0.200. The van der Waals surface area contributed by atoms with Crippen LogP contribution in [0.3, 0.4) is 0 Å². The van der Waals surface area contributed by atoms with E-state index in [1.807, 2.05) is 44.2 Å². The first kappa shape index (κ1) is 19.9. The zero-order valence-electron chi connectivity index (χ0n) is 16.1. The largest absolute Gasteiger partial charge is 0.206 e. The summed E-state index contributed by atoms with van der Waals surface area (Å²) in [5, 5.41) is 0. The molecule has 0 bridgehead atoms. The van der Waals surface area contributed by atoms with E-state index in [1.54, 1.807) is 36.4 Å². The van der Waals surface area contributed by atoms with Gasteiger partial charge >= 0.3 is 0 Å². The molecule has 28 heavy (non-hydrogen) atoms. The highest BCUT2D eigenvalue weighted by Gasteiger charge is 2.11. The third-order valence-electron chi connectivity index (χ3n) is 4.83. The van der Waals surface area contributed by atoms with Gasteiger partial charge in [0.25, 0.3) is 0 Å². The molecular weight excluding hydrogens is 357 g/mol. The second kappa shape index (κ2) is 8.92. The van der Waals surface area contributed by atoms with Crippen molar-refractivity contribution < 1.29 is 13.2 Å². The SMILES string of the molecule is CCCc1ccc(C=Cc2ccc(-c3ccc(CC)cc3F)cc2)c(F)c1F. The van der Waals surface area contributed by atoms with Gasteiger partial charge in [-0.3, -0.25) is 0 Å². The molecule has 0 aliphatic carbocycles. The fourth-order valence-electron chi connectivity index (χ4n) is 3.17. The molecule has 3 heteroatoms. The van der Waals surface area contributed by atoms with Gasteiger partial charge in [-0.15, -0.1) is 0 Å². The highest BCUT2D eigenvalue weighted by Crippen LogP contribution is 2.25. The molecule has 0 aliphatic heterocycles. The first-order chi connectivity index (χ1) is 13.5. The van der Waals surface area contributed by atoms with E-state index in [1.165, 1.54) is 0 Å². The van der Waals surface area contributed by atoms with E-state index in [9.17, 15) is 13.2 Å². The van der Waals surface area contributed by atoms with Gasteiger partial charge in [-0.05, 0) is 41.2 Å². The van der Waals surface area contributed by atoms with Gasteiger partial charge in [0.1, 0.15) is 5.82 Å². The Labute approximate surface area is 164 Å². The summed E-state index contributed by atoms with van der Waals surface area (Å²) in [5.41, 5.74) is 3.72. The molecule has 0 aliphatic rings. The highest BCUT2D eigenvalue weighted by molar-refractivity contribution is 5.72. The molecule has 144 valence electrons. The number of aryl methyl sites for hydroxylation is 2. The van der Waals surface area contributed by atoms with E-state index >= 15 is 0 Å². The Balaban J connectivity index is 1.80. The highest BCUT2D eigenvalue weighted by atomic mass is 19.2. The average molecular weight is 380 g/mol. The van der Waals surface area contributed by atoms with Crippen molar-refractivity contribution in [3.63, 3.8) is 0 Å². The van der Waals surface area contributed by atoms with E-state index < -0.39 is 11.6 Å². The lowest BCUT2D eigenvalue weighted by Crippen LogP contribution is -1.96. The van der Waals surface area contributed by atoms with Crippen LogP contribution < -0.4 is 0 Å². The standard InChI is InChI=1S/C25H23F3/c1-3-5-20-13-14-21(25(28)24(20)27)12-8-18-6-10-19(11-7-18)22-15-9-17(4-2)16-23(22)26/h6-16H,3-5H2,1-2H3. The monoisotopic (exact) mass is 380 g/mol. The topological polar surface area (TPSA) is 0 Å². The quantitative estimate of drug-likeness (QED) is 0.389. The molecular formula is C25H23F3. The van der Waals surface area contributed by atoms with Crippen LogP contribution in [0.4, 0.5) is 13.2 Å². The lowest BCUT2D eigenvalue weighted by atomic mass is 10.0. The number of hydrogen-bond acceptors (Lipinski definition) is 0. The van der Waals surface area contributed by atoms with E-state index in [0.29, 0.717) is 17.5 Å². The van der Waals surface area contributed by atoms with E-state index in [-0.39, 0.29) is 11.4 Å². The lowest BCUT2D eigenvalue weighted by Gasteiger charge is -2.06. The van der Waals surface area contributed by atoms with Crippen LogP contribution in [0.5, 0.6) is 0 Å². The minimum absolute atomic E-state index is 0.211. The summed E-state index contributed by atoms with van der Waals surface area (Å²) in [4.78, 5) is 0. The Morgan fingerprint density at radius 2 is 1.54 bits per heavy atom. The maximum atomic E-state index is 14.3. The summed E-state index contributed by atoms with van der Waals surface area (Å²) in [6, 6.07) is 15.8. The van der Waals surface area contributed by atoms with Gasteiger partial charge in [-0.1, -0.05) is 81.0 Å². The zero-order valence-corrected chi connectivity index (χ0v) is 16.1. The van der Waals surface area contributed by atoms with Gasteiger partial charge < -0.3 is 0 Å². The zero-order chi connectivity index (χ0) is 20.1.